The number of rotatable bonds is 16. The predicted octanol–water partition coefficient (Wildman–Crippen LogP) is 5.25. The van der Waals surface area contributed by atoms with Gasteiger partial charge in [0.05, 0.1) is 27.1 Å². The Morgan fingerprint density at radius 1 is 0.944 bits per heavy atom. The molecule has 194 valence electrons. The van der Waals surface area contributed by atoms with Crippen molar-refractivity contribution in [3.8, 4) is 11.5 Å². The largest absolute Gasteiger partial charge is 0.497 e. The first-order chi connectivity index (χ1) is 17.6. The Morgan fingerprint density at radius 3 is 2.28 bits per heavy atom. The van der Waals surface area contributed by atoms with Gasteiger partial charge in [0.1, 0.15) is 11.5 Å². The first-order valence-corrected chi connectivity index (χ1v) is 13.3. The van der Waals surface area contributed by atoms with Gasteiger partial charge < -0.3 is 19.7 Å². The lowest BCUT2D eigenvalue weighted by Crippen LogP contribution is -2.44. The number of carbonyl (C=O) groups is 2. The molecule has 0 aliphatic carbocycles. The molecule has 1 fully saturated rings. The number of unbranched alkanes of at least 4 members (excludes halogenated alkanes) is 2. The van der Waals surface area contributed by atoms with Gasteiger partial charge in [-0.25, -0.2) is 0 Å². The average Bonchev–Trinajstić information content (AvgIpc) is 3.41. The van der Waals surface area contributed by atoms with Gasteiger partial charge in [-0.3, -0.25) is 9.59 Å². The SMILES string of the molecule is [CH2+]CCCOc1ccc(CC(CN2CCCC2)NC(=O)CCCCC(=O)c2ccc(OC)cc2)cc1. The van der Waals surface area contributed by atoms with Crippen molar-refractivity contribution in [2.75, 3.05) is 33.4 Å². The molecule has 1 saturated heterocycles. The van der Waals surface area contributed by atoms with Gasteiger partial charge in [-0.15, -0.1) is 0 Å². The van der Waals surface area contributed by atoms with Crippen molar-refractivity contribution in [2.45, 2.75) is 63.8 Å². The molecule has 6 heteroatoms. The molecule has 0 aromatic heterocycles. The molecule has 36 heavy (non-hydrogen) atoms. The predicted molar refractivity (Wildman–Crippen MR) is 144 cm³/mol. The number of nitrogens with zero attached hydrogens (tertiary/aromatic N) is 1. The normalized spacial score (nSPS) is 14.4. The standard InChI is InChI=1S/C30H40N2O4/c1-3-4-21-36-28-15-11-24(12-16-28)22-26(23-32-19-7-8-20-32)31-30(34)10-6-5-9-29(33)25-13-17-27(35-2)18-14-25/h11-18,26H,1,3-10,19-23H2,2H3/p+1. The van der Waals surface area contributed by atoms with Gasteiger partial charge >= 0.3 is 0 Å². The fourth-order valence-corrected chi connectivity index (χ4v) is 4.53. The fraction of sp³-hybridized carbons (Fsp3) is 0.500. The number of methoxy groups -OCH3 is 1. The summed E-state index contributed by atoms with van der Waals surface area (Å²) in [7, 11) is 1.61. The van der Waals surface area contributed by atoms with Crippen LogP contribution < -0.4 is 14.8 Å². The summed E-state index contributed by atoms with van der Waals surface area (Å²) in [6, 6.07) is 15.4. The number of likely N-dealkylation sites (tertiary alicyclic amines) is 1. The van der Waals surface area contributed by atoms with E-state index in [4.69, 9.17) is 9.47 Å². The van der Waals surface area contributed by atoms with Crippen LogP contribution in [-0.4, -0.2) is 56.0 Å². The quantitative estimate of drug-likeness (QED) is 0.196. The van der Waals surface area contributed by atoms with Crippen LogP contribution in [0.3, 0.4) is 0 Å². The minimum atomic E-state index is 0.0595. The molecule has 1 N–H and O–H groups in total. The van der Waals surface area contributed by atoms with E-state index in [1.807, 2.05) is 12.1 Å². The Labute approximate surface area is 216 Å². The number of Topliss-reactive ketones (excluding diaryl/α,β-unsaturated/α-hetero) is 1. The summed E-state index contributed by atoms with van der Waals surface area (Å²) in [5, 5.41) is 3.26. The van der Waals surface area contributed by atoms with Gasteiger partial charge in [0.15, 0.2) is 5.78 Å². The van der Waals surface area contributed by atoms with Gasteiger partial charge in [-0.05, 0) is 87.2 Å². The van der Waals surface area contributed by atoms with E-state index in [2.05, 4.69) is 29.3 Å². The highest BCUT2D eigenvalue weighted by atomic mass is 16.5. The van der Waals surface area contributed by atoms with Crippen LogP contribution in [0.15, 0.2) is 48.5 Å². The van der Waals surface area contributed by atoms with E-state index in [0.717, 1.165) is 50.4 Å². The maximum Gasteiger partial charge on any atom is 0.220 e. The Balaban J connectivity index is 1.44. The molecular formula is C30H41N2O4+. The molecule has 1 heterocycles. The summed E-state index contributed by atoms with van der Waals surface area (Å²) in [6.45, 7) is 7.58. The lowest BCUT2D eigenvalue weighted by atomic mass is 10.0. The van der Waals surface area contributed by atoms with Crippen molar-refractivity contribution < 1.29 is 19.1 Å². The molecule has 0 radical (unpaired) electrons. The zero-order chi connectivity index (χ0) is 25.6. The van der Waals surface area contributed by atoms with Crippen molar-refractivity contribution in [2.24, 2.45) is 0 Å². The van der Waals surface area contributed by atoms with Crippen LogP contribution in [0.1, 0.15) is 67.3 Å². The smallest absolute Gasteiger partial charge is 0.220 e. The summed E-state index contributed by atoms with van der Waals surface area (Å²) in [4.78, 5) is 27.6. The molecule has 1 aliphatic rings. The number of nitrogens with one attached hydrogen (secondary N) is 1. The second kappa shape index (κ2) is 15.2. The summed E-state index contributed by atoms with van der Waals surface area (Å²) < 4.78 is 10.9. The van der Waals surface area contributed by atoms with Crippen molar-refractivity contribution in [3.05, 3.63) is 66.6 Å². The minimum absolute atomic E-state index is 0.0595. The van der Waals surface area contributed by atoms with Gasteiger partial charge in [-0.2, -0.15) is 0 Å². The molecular weight excluding hydrogens is 452 g/mol. The summed E-state index contributed by atoms with van der Waals surface area (Å²) >= 11 is 0. The molecule has 1 amide bonds. The van der Waals surface area contributed by atoms with E-state index in [9.17, 15) is 9.59 Å². The van der Waals surface area contributed by atoms with Crippen molar-refractivity contribution in [1.82, 2.24) is 10.2 Å². The molecule has 1 unspecified atom stereocenters. The lowest BCUT2D eigenvalue weighted by Gasteiger charge is -2.25. The third kappa shape index (κ3) is 9.57. The van der Waals surface area contributed by atoms with Crippen LogP contribution in [0.4, 0.5) is 0 Å². The summed E-state index contributed by atoms with van der Waals surface area (Å²) in [5.41, 5.74) is 1.87. The third-order valence-electron chi connectivity index (χ3n) is 6.58. The highest BCUT2D eigenvalue weighted by Gasteiger charge is 2.20. The van der Waals surface area contributed by atoms with Crippen LogP contribution in [0.2, 0.25) is 0 Å². The summed E-state index contributed by atoms with van der Waals surface area (Å²) in [5.74, 6) is 1.77. The van der Waals surface area contributed by atoms with Crippen molar-refractivity contribution >= 4 is 11.7 Å². The first kappa shape index (κ1) is 27.6. The van der Waals surface area contributed by atoms with Crippen LogP contribution in [0, 0.1) is 6.92 Å². The Bertz CT molecular complexity index is 921. The van der Waals surface area contributed by atoms with E-state index in [1.54, 1.807) is 31.4 Å². The zero-order valence-corrected chi connectivity index (χ0v) is 21.7. The average molecular weight is 494 g/mol. The molecule has 1 aliphatic heterocycles. The van der Waals surface area contributed by atoms with E-state index in [1.165, 1.54) is 18.4 Å². The van der Waals surface area contributed by atoms with E-state index < -0.39 is 0 Å². The molecule has 6 nitrogen and oxygen atoms in total. The number of carbonyl (C=O) groups excluding carboxylic acids is 2. The second-order valence-electron chi connectivity index (χ2n) is 9.53. The van der Waals surface area contributed by atoms with Gasteiger partial charge in [0, 0.05) is 37.4 Å². The number of ether oxygens (including phenoxy) is 2. The first-order valence-electron chi connectivity index (χ1n) is 13.3. The maximum absolute atomic E-state index is 12.7. The minimum Gasteiger partial charge on any atom is -0.497 e. The van der Waals surface area contributed by atoms with E-state index >= 15 is 0 Å². The van der Waals surface area contributed by atoms with Gasteiger partial charge in [0.2, 0.25) is 5.91 Å². The molecule has 3 rings (SSSR count). The third-order valence-corrected chi connectivity index (χ3v) is 6.58. The van der Waals surface area contributed by atoms with Crippen LogP contribution >= 0.6 is 0 Å². The number of amides is 1. The molecule has 2 aromatic rings. The van der Waals surface area contributed by atoms with Gasteiger partial charge in [0.25, 0.3) is 0 Å². The molecule has 2 aromatic carbocycles. The van der Waals surface area contributed by atoms with E-state index in [-0.39, 0.29) is 17.7 Å². The van der Waals surface area contributed by atoms with Crippen LogP contribution in [0.25, 0.3) is 0 Å². The maximum atomic E-state index is 12.7. The highest BCUT2D eigenvalue weighted by molar-refractivity contribution is 5.96. The Kier molecular flexibility index (Phi) is 11.6. The molecule has 0 bridgehead atoms. The van der Waals surface area contributed by atoms with Crippen molar-refractivity contribution in [3.63, 3.8) is 0 Å². The Hall–Kier alpha value is -2.99. The van der Waals surface area contributed by atoms with Crippen molar-refractivity contribution in [1.29, 1.82) is 0 Å². The van der Waals surface area contributed by atoms with Crippen LogP contribution in [0.5, 0.6) is 11.5 Å². The Morgan fingerprint density at radius 2 is 1.61 bits per heavy atom. The number of benzene rings is 2. The topological polar surface area (TPSA) is 67.9 Å². The number of ketones is 1. The van der Waals surface area contributed by atoms with Gasteiger partial charge in [-0.1, -0.05) is 12.1 Å². The molecule has 0 saturated carbocycles. The lowest BCUT2D eigenvalue weighted by molar-refractivity contribution is -0.122. The zero-order valence-electron chi connectivity index (χ0n) is 21.7. The highest BCUT2D eigenvalue weighted by Crippen LogP contribution is 2.17. The monoisotopic (exact) mass is 493 g/mol. The fourth-order valence-electron chi connectivity index (χ4n) is 4.53. The van der Waals surface area contributed by atoms with E-state index in [0.29, 0.717) is 37.9 Å². The second-order valence-corrected chi connectivity index (χ2v) is 9.53. The van der Waals surface area contributed by atoms with Crippen LogP contribution in [-0.2, 0) is 11.2 Å². The molecule has 0 spiro atoms. The number of hydrogen-bond donors (Lipinski definition) is 1. The number of hydrogen-bond acceptors (Lipinski definition) is 5. The molecule has 1 atom stereocenters. The summed E-state index contributed by atoms with van der Waals surface area (Å²) in [6.07, 6.45) is 7.33.